The van der Waals surface area contributed by atoms with Gasteiger partial charge in [-0.3, -0.25) is 9.48 Å². The van der Waals surface area contributed by atoms with Gasteiger partial charge in [0.05, 0.1) is 28.4 Å². The van der Waals surface area contributed by atoms with Gasteiger partial charge in [-0.15, -0.1) is 0 Å². The number of methoxy groups -OCH3 is 1. The predicted molar refractivity (Wildman–Crippen MR) is 120 cm³/mol. The van der Waals surface area contributed by atoms with Crippen LogP contribution in [-0.2, 0) is 13.2 Å². The second-order valence-corrected chi connectivity index (χ2v) is 7.41. The van der Waals surface area contributed by atoms with E-state index in [2.05, 4.69) is 5.10 Å². The van der Waals surface area contributed by atoms with E-state index in [0.29, 0.717) is 32.8 Å². The van der Waals surface area contributed by atoms with E-state index in [1.54, 1.807) is 48.3 Å². The van der Waals surface area contributed by atoms with E-state index in [-0.39, 0.29) is 12.4 Å². The molecule has 0 aliphatic carbocycles. The van der Waals surface area contributed by atoms with Crippen molar-refractivity contribution in [3.63, 3.8) is 0 Å². The summed E-state index contributed by atoms with van der Waals surface area (Å²) in [6.45, 7) is 4.74. The number of ketones is 1. The van der Waals surface area contributed by atoms with Crippen LogP contribution in [0.3, 0.4) is 0 Å². The van der Waals surface area contributed by atoms with Crippen LogP contribution in [0, 0.1) is 6.92 Å². The molecule has 0 atom stereocenters. The number of rotatable bonds is 8. The molecule has 30 heavy (non-hydrogen) atoms. The van der Waals surface area contributed by atoms with Crippen LogP contribution in [0.4, 0.5) is 0 Å². The predicted octanol–water partition coefficient (Wildman–Crippen LogP) is 6.00. The summed E-state index contributed by atoms with van der Waals surface area (Å²) in [6.07, 6.45) is 5.07. The Balaban J connectivity index is 1.79. The summed E-state index contributed by atoms with van der Waals surface area (Å²) in [6, 6.07) is 10.8. The quantitative estimate of drug-likeness (QED) is 0.315. The van der Waals surface area contributed by atoms with Gasteiger partial charge in [0, 0.05) is 18.3 Å². The number of aryl methyl sites for hydroxylation is 2. The van der Waals surface area contributed by atoms with E-state index in [1.807, 2.05) is 32.0 Å². The van der Waals surface area contributed by atoms with Gasteiger partial charge in [-0.05, 0) is 49.8 Å². The average Bonchev–Trinajstić information content (AvgIpc) is 3.12. The minimum Gasteiger partial charge on any atom is -0.496 e. The van der Waals surface area contributed by atoms with Gasteiger partial charge >= 0.3 is 0 Å². The van der Waals surface area contributed by atoms with E-state index in [4.69, 9.17) is 32.7 Å². The van der Waals surface area contributed by atoms with Gasteiger partial charge in [0.2, 0.25) is 0 Å². The summed E-state index contributed by atoms with van der Waals surface area (Å²) < 4.78 is 13.0. The molecular formula is C23H22Cl2N2O3. The summed E-state index contributed by atoms with van der Waals surface area (Å²) in [4.78, 5) is 12.5. The van der Waals surface area contributed by atoms with Crippen molar-refractivity contribution in [1.82, 2.24) is 9.78 Å². The first-order valence-corrected chi connectivity index (χ1v) is 10.2. The smallest absolute Gasteiger partial charge is 0.189 e. The first kappa shape index (κ1) is 21.9. The molecular weight excluding hydrogens is 423 g/mol. The molecule has 0 aliphatic heterocycles. The van der Waals surface area contributed by atoms with Gasteiger partial charge < -0.3 is 9.47 Å². The standard InChI is InChI=1S/C23H22Cl2N2O3/c1-4-27-13-18(15(2)26-27)21(28)10-8-16-9-11-22(29-3)17(12-16)14-30-23-19(24)6-5-7-20(23)25/h5-13H,4,14H2,1-3H3/b10-8+. The molecule has 0 saturated heterocycles. The molecule has 2 aromatic carbocycles. The van der Waals surface area contributed by atoms with Crippen LogP contribution in [0.15, 0.2) is 48.7 Å². The number of carbonyl (C=O) groups excluding carboxylic acids is 1. The number of hydrogen-bond donors (Lipinski definition) is 0. The van der Waals surface area contributed by atoms with Crippen molar-refractivity contribution >= 4 is 35.1 Å². The van der Waals surface area contributed by atoms with Gasteiger partial charge in [0.15, 0.2) is 11.5 Å². The zero-order valence-electron chi connectivity index (χ0n) is 17.0. The van der Waals surface area contributed by atoms with Crippen LogP contribution in [0.1, 0.15) is 34.1 Å². The minimum absolute atomic E-state index is 0.0938. The van der Waals surface area contributed by atoms with Gasteiger partial charge in [-0.2, -0.15) is 5.10 Å². The molecule has 3 aromatic rings. The first-order chi connectivity index (χ1) is 14.4. The lowest BCUT2D eigenvalue weighted by Gasteiger charge is -2.13. The molecule has 0 unspecified atom stereocenters. The van der Waals surface area contributed by atoms with Crippen LogP contribution < -0.4 is 9.47 Å². The Kier molecular flexibility index (Phi) is 7.19. The zero-order valence-corrected chi connectivity index (χ0v) is 18.5. The lowest BCUT2D eigenvalue weighted by molar-refractivity contribution is 0.104. The molecule has 0 aliphatic rings. The Bertz CT molecular complexity index is 1070. The van der Waals surface area contributed by atoms with Crippen LogP contribution in [-0.4, -0.2) is 22.7 Å². The number of aromatic nitrogens is 2. The average molecular weight is 445 g/mol. The Morgan fingerprint density at radius 1 is 1.20 bits per heavy atom. The minimum atomic E-state index is -0.0938. The normalized spacial score (nSPS) is 11.1. The van der Waals surface area contributed by atoms with E-state index in [9.17, 15) is 4.79 Å². The molecule has 1 aromatic heterocycles. The number of allylic oxidation sites excluding steroid dienone is 1. The molecule has 3 rings (SSSR count). The summed E-state index contributed by atoms with van der Waals surface area (Å²) in [5.74, 6) is 0.993. The van der Waals surface area contributed by atoms with Crippen molar-refractivity contribution in [3.8, 4) is 11.5 Å². The molecule has 0 N–H and O–H groups in total. The Labute approximate surface area is 185 Å². The van der Waals surface area contributed by atoms with Crippen LogP contribution in [0.5, 0.6) is 11.5 Å². The monoisotopic (exact) mass is 444 g/mol. The van der Waals surface area contributed by atoms with E-state index >= 15 is 0 Å². The molecule has 0 spiro atoms. The highest BCUT2D eigenvalue weighted by molar-refractivity contribution is 6.37. The third kappa shape index (κ3) is 5.04. The van der Waals surface area contributed by atoms with E-state index in [0.717, 1.165) is 17.7 Å². The molecule has 0 fully saturated rings. The van der Waals surface area contributed by atoms with Crippen molar-refractivity contribution in [3.05, 3.63) is 81.1 Å². The maximum atomic E-state index is 12.5. The van der Waals surface area contributed by atoms with Gasteiger partial charge in [0.1, 0.15) is 12.4 Å². The summed E-state index contributed by atoms with van der Waals surface area (Å²) in [5.41, 5.74) is 2.96. The second-order valence-electron chi connectivity index (χ2n) is 6.59. The second kappa shape index (κ2) is 9.83. The Morgan fingerprint density at radius 3 is 2.57 bits per heavy atom. The van der Waals surface area contributed by atoms with Crippen molar-refractivity contribution in [2.45, 2.75) is 27.0 Å². The molecule has 156 valence electrons. The third-order valence-corrected chi connectivity index (χ3v) is 5.15. The Morgan fingerprint density at radius 2 is 1.93 bits per heavy atom. The lowest BCUT2D eigenvalue weighted by Crippen LogP contribution is -2.00. The fraction of sp³-hybridized carbons (Fsp3) is 0.217. The summed E-state index contributed by atoms with van der Waals surface area (Å²) in [7, 11) is 1.59. The number of benzene rings is 2. The van der Waals surface area contributed by atoms with Gasteiger partial charge in [-0.25, -0.2) is 0 Å². The van der Waals surface area contributed by atoms with Crippen LogP contribution >= 0.6 is 23.2 Å². The number of carbonyl (C=O) groups is 1. The van der Waals surface area contributed by atoms with Crippen molar-refractivity contribution in [2.24, 2.45) is 0 Å². The molecule has 0 bridgehead atoms. The number of nitrogens with zero attached hydrogens (tertiary/aromatic N) is 2. The molecule has 0 amide bonds. The maximum absolute atomic E-state index is 12.5. The first-order valence-electron chi connectivity index (χ1n) is 9.43. The Hall–Kier alpha value is -2.76. The van der Waals surface area contributed by atoms with Crippen molar-refractivity contribution in [2.75, 3.05) is 7.11 Å². The van der Waals surface area contributed by atoms with Crippen LogP contribution in [0.25, 0.3) is 6.08 Å². The highest BCUT2D eigenvalue weighted by Gasteiger charge is 2.12. The highest BCUT2D eigenvalue weighted by Crippen LogP contribution is 2.33. The summed E-state index contributed by atoms with van der Waals surface area (Å²) in [5, 5.41) is 5.19. The van der Waals surface area contributed by atoms with Gasteiger partial charge in [0.25, 0.3) is 0 Å². The molecule has 1 heterocycles. The van der Waals surface area contributed by atoms with E-state index < -0.39 is 0 Å². The molecule has 7 heteroatoms. The largest absolute Gasteiger partial charge is 0.496 e. The van der Waals surface area contributed by atoms with Crippen molar-refractivity contribution < 1.29 is 14.3 Å². The molecule has 5 nitrogen and oxygen atoms in total. The van der Waals surface area contributed by atoms with Crippen LogP contribution in [0.2, 0.25) is 10.0 Å². The third-order valence-electron chi connectivity index (χ3n) is 4.56. The van der Waals surface area contributed by atoms with E-state index in [1.165, 1.54) is 0 Å². The van der Waals surface area contributed by atoms with Crippen molar-refractivity contribution in [1.29, 1.82) is 0 Å². The SMILES string of the molecule is CCn1cc(C(=O)/C=C/c2ccc(OC)c(COc3c(Cl)cccc3Cl)c2)c(C)n1. The summed E-state index contributed by atoms with van der Waals surface area (Å²) >= 11 is 12.3. The number of halogens is 2. The fourth-order valence-electron chi connectivity index (χ4n) is 2.97. The zero-order chi connectivity index (χ0) is 21.7. The highest BCUT2D eigenvalue weighted by atomic mass is 35.5. The number of hydrogen-bond acceptors (Lipinski definition) is 4. The molecule has 0 radical (unpaired) electrons. The maximum Gasteiger partial charge on any atom is 0.189 e. The molecule has 0 saturated carbocycles. The number of para-hydroxylation sites is 1. The fourth-order valence-corrected chi connectivity index (χ4v) is 3.48. The number of ether oxygens (including phenoxy) is 2. The topological polar surface area (TPSA) is 53.4 Å². The lowest BCUT2D eigenvalue weighted by atomic mass is 10.1. The van der Waals surface area contributed by atoms with Gasteiger partial charge in [-0.1, -0.05) is 41.4 Å².